The molecule has 0 aliphatic rings. The highest BCUT2D eigenvalue weighted by Crippen LogP contribution is 2.19. The molecule has 0 unspecified atom stereocenters. The largest absolute Gasteiger partial charge is 0.465 e. The van der Waals surface area contributed by atoms with Gasteiger partial charge in [-0.3, -0.25) is 0 Å². The first-order valence-electron chi connectivity index (χ1n) is 4.32. The molecule has 0 spiro atoms. The van der Waals surface area contributed by atoms with Crippen molar-refractivity contribution in [3.63, 3.8) is 0 Å². The van der Waals surface area contributed by atoms with Gasteiger partial charge < -0.3 is 10.5 Å². The van der Waals surface area contributed by atoms with E-state index < -0.39 is 5.97 Å². The minimum absolute atomic E-state index is 0.263. The van der Waals surface area contributed by atoms with Crippen LogP contribution in [0.15, 0.2) is 12.4 Å². The highest BCUT2D eigenvalue weighted by molar-refractivity contribution is 6.00. The maximum Gasteiger partial charge on any atom is 0.340 e. The number of nitrogens with zero attached hydrogens (tertiary/aromatic N) is 3. The van der Waals surface area contributed by atoms with E-state index in [4.69, 9.17) is 5.73 Å². The third kappa shape index (κ3) is 1.30. The maximum absolute atomic E-state index is 11.4. The molecule has 0 radical (unpaired) electrons. The average molecular weight is 206 g/mol. The first-order chi connectivity index (χ1) is 7.15. The minimum Gasteiger partial charge on any atom is -0.465 e. The van der Waals surface area contributed by atoms with Gasteiger partial charge in [-0.15, -0.1) is 0 Å². The number of nitrogens with two attached hydrogens (primary N) is 1. The second kappa shape index (κ2) is 3.23. The molecular weight excluding hydrogens is 196 g/mol. The monoisotopic (exact) mass is 206 g/mol. The third-order valence-electron chi connectivity index (χ3n) is 2.17. The highest BCUT2D eigenvalue weighted by atomic mass is 16.5. The number of aromatic nitrogens is 3. The molecule has 0 aromatic carbocycles. The Balaban J connectivity index is 2.81. The lowest BCUT2D eigenvalue weighted by atomic mass is 10.2. The summed E-state index contributed by atoms with van der Waals surface area (Å²) in [6.07, 6.45) is 1.34. The van der Waals surface area contributed by atoms with Crippen molar-refractivity contribution in [1.29, 1.82) is 0 Å². The standard InChI is InChI=1S/C9H10N4O2/c1-5-3-6(9(14)15-2)7-8(10)11-4-12-13(5)7/h3-4H,1-2H3,(H2,10,11,12). The summed E-state index contributed by atoms with van der Waals surface area (Å²) in [6, 6.07) is 1.67. The summed E-state index contributed by atoms with van der Waals surface area (Å²) >= 11 is 0. The molecule has 2 heterocycles. The molecule has 2 aromatic heterocycles. The quantitative estimate of drug-likeness (QED) is 0.683. The summed E-state index contributed by atoms with van der Waals surface area (Å²) in [5.41, 5.74) is 7.36. The number of hydrogen-bond acceptors (Lipinski definition) is 5. The number of aryl methyl sites for hydroxylation is 1. The van der Waals surface area contributed by atoms with Gasteiger partial charge in [0.25, 0.3) is 0 Å². The van der Waals surface area contributed by atoms with Crippen LogP contribution in [0.5, 0.6) is 0 Å². The fraction of sp³-hybridized carbons (Fsp3) is 0.222. The van der Waals surface area contributed by atoms with Crippen LogP contribution in [0.25, 0.3) is 5.52 Å². The van der Waals surface area contributed by atoms with Gasteiger partial charge in [-0.05, 0) is 13.0 Å². The van der Waals surface area contributed by atoms with Crippen LogP contribution in [0, 0.1) is 6.92 Å². The number of hydrogen-bond donors (Lipinski definition) is 1. The molecule has 2 rings (SSSR count). The lowest BCUT2D eigenvalue weighted by Gasteiger charge is -2.00. The lowest BCUT2D eigenvalue weighted by molar-refractivity contribution is 0.0603. The predicted octanol–water partition coefficient (Wildman–Crippen LogP) is 0.407. The van der Waals surface area contributed by atoms with Gasteiger partial charge in [0.15, 0.2) is 5.82 Å². The van der Waals surface area contributed by atoms with Gasteiger partial charge >= 0.3 is 5.97 Å². The van der Waals surface area contributed by atoms with Crippen LogP contribution in [-0.2, 0) is 4.74 Å². The molecule has 0 bridgehead atoms. The van der Waals surface area contributed by atoms with E-state index in [2.05, 4.69) is 14.8 Å². The molecule has 0 saturated heterocycles. The van der Waals surface area contributed by atoms with E-state index in [9.17, 15) is 4.79 Å². The summed E-state index contributed by atoms with van der Waals surface area (Å²) < 4.78 is 6.21. The molecule has 0 aliphatic heterocycles. The number of carbonyl (C=O) groups is 1. The van der Waals surface area contributed by atoms with Gasteiger partial charge in [0, 0.05) is 5.69 Å². The minimum atomic E-state index is -0.442. The molecular formula is C9H10N4O2. The van der Waals surface area contributed by atoms with Crippen molar-refractivity contribution in [2.45, 2.75) is 6.92 Å². The van der Waals surface area contributed by atoms with Gasteiger partial charge in [-0.25, -0.2) is 14.3 Å². The Morgan fingerprint density at radius 2 is 2.33 bits per heavy atom. The van der Waals surface area contributed by atoms with Gasteiger partial charge in [-0.2, -0.15) is 5.10 Å². The first-order valence-corrected chi connectivity index (χ1v) is 4.32. The molecule has 6 nitrogen and oxygen atoms in total. The highest BCUT2D eigenvalue weighted by Gasteiger charge is 2.17. The summed E-state index contributed by atoms with van der Waals surface area (Å²) in [5.74, 6) is -0.180. The van der Waals surface area contributed by atoms with Crippen molar-refractivity contribution in [2.75, 3.05) is 12.8 Å². The summed E-state index contributed by atoms with van der Waals surface area (Å²) in [5, 5.41) is 4.00. The van der Waals surface area contributed by atoms with Crippen LogP contribution in [0.3, 0.4) is 0 Å². The van der Waals surface area contributed by atoms with E-state index in [0.29, 0.717) is 11.1 Å². The normalized spacial score (nSPS) is 10.5. The van der Waals surface area contributed by atoms with E-state index in [0.717, 1.165) is 5.69 Å². The maximum atomic E-state index is 11.4. The fourth-order valence-electron chi connectivity index (χ4n) is 1.49. The van der Waals surface area contributed by atoms with Crippen LogP contribution in [0.2, 0.25) is 0 Å². The topological polar surface area (TPSA) is 82.5 Å². The molecule has 0 aliphatic carbocycles. The summed E-state index contributed by atoms with van der Waals surface area (Å²) in [6.45, 7) is 1.83. The first kappa shape index (κ1) is 9.45. The van der Waals surface area contributed by atoms with Crippen molar-refractivity contribution < 1.29 is 9.53 Å². The number of fused-ring (bicyclic) bond motifs is 1. The molecule has 2 N–H and O–H groups in total. The van der Waals surface area contributed by atoms with Crippen molar-refractivity contribution in [3.8, 4) is 0 Å². The molecule has 15 heavy (non-hydrogen) atoms. The zero-order valence-corrected chi connectivity index (χ0v) is 8.39. The van der Waals surface area contributed by atoms with Gasteiger partial charge in [0.2, 0.25) is 0 Å². The number of carbonyl (C=O) groups excluding carboxylic acids is 1. The average Bonchev–Trinajstić information content (AvgIpc) is 2.57. The number of methoxy groups -OCH3 is 1. The SMILES string of the molecule is COC(=O)c1cc(C)n2ncnc(N)c12. The molecule has 78 valence electrons. The second-order valence-electron chi connectivity index (χ2n) is 3.10. The molecule has 0 amide bonds. The van der Waals surface area contributed by atoms with Gasteiger partial charge in [0.1, 0.15) is 11.8 Å². The van der Waals surface area contributed by atoms with Crippen LogP contribution >= 0.6 is 0 Å². The Kier molecular flexibility index (Phi) is 2.03. The van der Waals surface area contributed by atoms with Crippen LogP contribution in [-0.4, -0.2) is 27.7 Å². The Hall–Kier alpha value is -2.11. The summed E-state index contributed by atoms with van der Waals surface area (Å²) in [7, 11) is 1.32. The van der Waals surface area contributed by atoms with E-state index >= 15 is 0 Å². The van der Waals surface area contributed by atoms with Crippen molar-refractivity contribution in [1.82, 2.24) is 14.6 Å². The molecule has 0 atom stereocenters. The Morgan fingerprint density at radius 1 is 1.60 bits per heavy atom. The van der Waals surface area contributed by atoms with Crippen molar-refractivity contribution in [3.05, 3.63) is 23.7 Å². The lowest BCUT2D eigenvalue weighted by Crippen LogP contribution is -2.05. The van der Waals surface area contributed by atoms with E-state index in [-0.39, 0.29) is 5.82 Å². The van der Waals surface area contributed by atoms with Gasteiger partial charge in [-0.1, -0.05) is 0 Å². The molecule has 6 heteroatoms. The second-order valence-corrected chi connectivity index (χ2v) is 3.10. The van der Waals surface area contributed by atoms with Crippen molar-refractivity contribution in [2.24, 2.45) is 0 Å². The smallest absolute Gasteiger partial charge is 0.340 e. The number of ether oxygens (including phenoxy) is 1. The number of nitrogen functional groups attached to an aromatic ring is 1. The van der Waals surface area contributed by atoms with Crippen LogP contribution in [0.4, 0.5) is 5.82 Å². The Bertz CT molecular complexity index is 532. The Labute approximate surface area is 85.7 Å². The van der Waals surface area contributed by atoms with E-state index in [1.165, 1.54) is 13.4 Å². The van der Waals surface area contributed by atoms with E-state index in [1.54, 1.807) is 10.6 Å². The number of anilines is 1. The Morgan fingerprint density at radius 3 is 3.00 bits per heavy atom. The molecule has 0 fully saturated rings. The van der Waals surface area contributed by atoms with Crippen LogP contribution < -0.4 is 5.73 Å². The summed E-state index contributed by atoms with van der Waals surface area (Å²) in [4.78, 5) is 15.3. The molecule has 2 aromatic rings. The van der Waals surface area contributed by atoms with Gasteiger partial charge in [0.05, 0.1) is 12.7 Å². The number of rotatable bonds is 1. The fourth-order valence-corrected chi connectivity index (χ4v) is 1.49. The van der Waals surface area contributed by atoms with Crippen LogP contribution in [0.1, 0.15) is 16.1 Å². The zero-order valence-electron chi connectivity index (χ0n) is 8.39. The van der Waals surface area contributed by atoms with Crippen molar-refractivity contribution >= 4 is 17.3 Å². The number of esters is 1. The predicted molar refractivity (Wildman–Crippen MR) is 53.5 cm³/mol. The molecule has 0 saturated carbocycles. The third-order valence-corrected chi connectivity index (χ3v) is 2.17. The zero-order chi connectivity index (χ0) is 11.0. The van der Waals surface area contributed by atoms with E-state index in [1.807, 2.05) is 6.92 Å².